The van der Waals surface area contributed by atoms with E-state index in [0.29, 0.717) is 0 Å². The summed E-state index contributed by atoms with van der Waals surface area (Å²) in [5.74, 6) is -0.610. The first-order valence-electron chi connectivity index (χ1n) is 4.94. The van der Waals surface area contributed by atoms with E-state index in [1.165, 1.54) is 14.0 Å². The molecule has 0 aromatic rings. The van der Waals surface area contributed by atoms with Gasteiger partial charge in [-0.05, 0) is 27.7 Å². The molecule has 0 bridgehead atoms. The highest BCUT2D eigenvalue weighted by Gasteiger charge is 2.36. The van der Waals surface area contributed by atoms with E-state index in [4.69, 9.17) is 10.5 Å². The minimum Gasteiger partial charge on any atom is -0.467 e. The Bertz CT molecular complexity index is 272. The highest BCUT2D eigenvalue weighted by molar-refractivity contribution is 5.85. The van der Waals surface area contributed by atoms with Crippen LogP contribution in [0.5, 0.6) is 0 Å². The van der Waals surface area contributed by atoms with Crippen LogP contribution in [-0.4, -0.2) is 36.9 Å². The molecule has 0 aliphatic carbocycles. The van der Waals surface area contributed by atoms with Gasteiger partial charge in [-0.2, -0.15) is 0 Å². The van der Waals surface area contributed by atoms with Gasteiger partial charge in [0.25, 0.3) is 0 Å². The first-order chi connectivity index (χ1) is 7.14. The fourth-order valence-corrected chi connectivity index (χ4v) is 0.940. The summed E-state index contributed by atoms with van der Waals surface area (Å²) in [5, 5.41) is 2.39. The van der Waals surface area contributed by atoms with Crippen molar-refractivity contribution in [2.45, 2.75) is 38.8 Å². The van der Waals surface area contributed by atoms with Crippen molar-refractivity contribution in [1.29, 1.82) is 0 Å². The van der Waals surface area contributed by atoms with Crippen molar-refractivity contribution < 1.29 is 19.1 Å². The molecule has 0 aliphatic rings. The van der Waals surface area contributed by atoms with Crippen LogP contribution in [-0.2, 0) is 14.3 Å². The Hall–Kier alpha value is -1.30. The Kier molecular flexibility index (Phi) is 4.74. The Morgan fingerprint density at radius 1 is 1.25 bits per heavy atom. The molecule has 0 aliphatic heterocycles. The molecule has 0 fully saturated rings. The van der Waals surface area contributed by atoms with E-state index in [1.54, 1.807) is 20.8 Å². The van der Waals surface area contributed by atoms with E-state index >= 15 is 0 Å². The summed E-state index contributed by atoms with van der Waals surface area (Å²) in [6, 6.07) is 0. The Labute approximate surface area is 95.5 Å². The van der Waals surface area contributed by atoms with Crippen LogP contribution in [0.3, 0.4) is 0 Å². The zero-order valence-corrected chi connectivity index (χ0v) is 10.4. The van der Waals surface area contributed by atoms with E-state index in [2.05, 4.69) is 10.1 Å². The summed E-state index contributed by atoms with van der Waals surface area (Å²) in [6.07, 6.45) is -0.703. The number of amides is 1. The van der Waals surface area contributed by atoms with E-state index in [0.717, 1.165) is 0 Å². The second kappa shape index (κ2) is 5.16. The van der Waals surface area contributed by atoms with Crippen molar-refractivity contribution in [3.63, 3.8) is 0 Å². The van der Waals surface area contributed by atoms with Gasteiger partial charge in [0.2, 0.25) is 0 Å². The van der Waals surface area contributed by atoms with Crippen LogP contribution in [0.4, 0.5) is 4.79 Å². The van der Waals surface area contributed by atoms with Crippen LogP contribution in [0.25, 0.3) is 0 Å². The van der Waals surface area contributed by atoms with Crippen molar-refractivity contribution in [2.75, 3.05) is 13.7 Å². The molecular formula is C10H20N2O4. The van der Waals surface area contributed by atoms with Gasteiger partial charge in [0, 0.05) is 6.54 Å². The van der Waals surface area contributed by atoms with Crippen molar-refractivity contribution in [1.82, 2.24) is 5.32 Å². The normalized spacial score (nSPS) is 14.9. The van der Waals surface area contributed by atoms with E-state index in [1.807, 2.05) is 0 Å². The maximum Gasteiger partial charge on any atom is 0.408 e. The lowest BCUT2D eigenvalue weighted by atomic mass is 10.0. The van der Waals surface area contributed by atoms with Gasteiger partial charge in [-0.1, -0.05) is 0 Å². The molecule has 0 radical (unpaired) electrons. The average Bonchev–Trinajstić information content (AvgIpc) is 2.13. The molecule has 0 saturated carbocycles. The minimum absolute atomic E-state index is 0.0705. The summed E-state index contributed by atoms with van der Waals surface area (Å²) in [6.45, 7) is 6.58. The number of esters is 1. The lowest BCUT2D eigenvalue weighted by molar-refractivity contribution is -0.147. The molecule has 0 aromatic heterocycles. The third kappa shape index (κ3) is 4.48. The van der Waals surface area contributed by atoms with Gasteiger partial charge in [0.05, 0.1) is 7.11 Å². The fraction of sp³-hybridized carbons (Fsp3) is 0.800. The molecule has 6 nitrogen and oxygen atoms in total. The predicted molar refractivity (Wildman–Crippen MR) is 58.8 cm³/mol. The highest BCUT2D eigenvalue weighted by atomic mass is 16.6. The molecule has 0 aromatic carbocycles. The molecule has 1 amide bonds. The molecule has 3 N–H and O–H groups in total. The molecule has 6 heteroatoms. The number of rotatable bonds is 3. The second-order valence-corrected chi connectivity index (χ2v) is 4.65. The van der Waals surface area contributed by atoms with Crippen LogP contribution in [0, 0.1) is 0 Å². The van der Waals surface area contributed by atoms with Gasteiger partial charge < -0.3 is 20.5 Å². The molecule has 16 heavy (non-hydrogen) atoms. The number of hydrogen-bond acceptors (Lipinski definition) is 5. The summed E-state index contributed by atoms with van der Waals surface area (Å²) in [7, 11) is 1.23. The number of ether oxygens (including phenoxy) is 2. The van der Waals surface area contributed by atoms with Crippen LogP contribution in [0.1, 0.15) is 27.7 Å². The zero-order chi connectivity index (χ0) is 13.0. The van der Waals surface area contributed by atoms with Crippen molar-refractivity contribution >= 4 is 12.1 Å². The number of methoxy groups -OCH3 is 1. The van der Waals surface area contributed by atoms with Gasteiger partial charge >= 0.3 is 12.1 Å². The number of carbonyl (C=O) groups is 2. The summed E-state index contributed by atoms with van der Waals surface area (Å²) >= 11 is 0. The number of hydrogen-bond donors (Lipinski definition) is 2. The third-order valence-electron chi connectivity index (χ3n) is 1.82. The number of nitrogens with one attached hydrogen (secondary N) is 1. The summed E-state index contributed by atoms with van der Waals surface area (Å²) < 4.78 is 9.56. The average molecular weight is 232 g/mol. The Morgan fingerprint density at radius 3 is 2.06 bits per heavy atom. The molecule has 1 atom stereocenters. The van der Waals surface area contributed by atoms with Gasteiger partial charge in [-0.15, -0.1) is 0 Å². The molecule has 0 heterocycles. The molecule has 94 valence electrons. The molecular weight excluding hydrogens is 212 g/mol. The number of alkyl carbamates (subject to hydrolysis) is 1. The molecule has 0 spiro atoms. The quantitative estimate of drug-likeness (QED) is 0.687. The fourth-order valence-electron chi connectivity index (χ4n) is 0.940. The van der Waals surface area contributed by atoms with Crippen LogP contribution in [0.15, 0.2) is 0 Å². The zero-order valence-electron chi connectivity index (χ0n) is 10.4. The first kappa shape index (κ1) is 14.7. The highest BCUT2D eigenvalue weighted by Crippen LogP contribution is 2.10. The maximum atomic E-state index is 11.5. The van der Waals surface area contributed by atoms with E-state index in [-0.39, 0.29) is 6.54 Å². The van der Waals surface area contributed by atoms with E-state index < -0.39 is 23.2 Å². The standard InChI is InChI=1S/C10H20N2O4/c1-9(2,3)16-8(14)12-10(4,6-11)7(13)15-5/h6,11H2,1-5H3,(H,12,14). The van der Waals surface area contributed by atoms with E-state index in [9.17, 15) is 9.59 Å². The monoisotopic (exact) mass is 232 g/mol. The predicted octanol–water partition coefficient (Wildman–Crippen LogP) is 0.401. The number of carbonyl (C=O) groups excluding carboxylic acids is 2. The minimum atomic E-state index is -1.27. The van der Waals surface area contributed by atoms with Gasteiger partial charge in [-0.25, -0.2) is 9.59 Å². The van der Waals surface area contributed by atoms with Crippen molar-refractivity contribution in [2.24, 2.45) is 5.73 Å². The van der Waals surface area contributed by atoms with Gasteiger partial charge in [-0.3, -0.25) is 0 Å². The van der Waals surface area contributed by atoms with Crippen LogP contribution >= 0.6 is 0 Å². The summed E-state index contributed by atoms with van der Waals surface area (Å²) in [5.41, 5.74) is 3.53. The third-order valence-corrected chi connectivity index (χ3v) is 1.82. The van der Waals surface area contributed by atoms with Gasteiger partial charge in [0.1, 0.15) is 11.1 Å². The second-order valence-electron chi connectivity index (χ2n) is 4.65. The Morgan fingerprint density at radius 2 is 1.75 bits per heavy atom. The maximum absolute atomic E-state index is 11.5. The topological polar surface area (TPSA) is 90.6 Å². The molecule has 0 rings (SSSR count). The first-order valence-corrected chi connectivity index (χ1v) is 4.94. The van der Waals surface area contributed by atoms with Gasteiger partial charge in [0.15, 0.2) is 0 Å². The Balaban J connectivity index is 4.55. The number of nitrogens with two attached hydrogens (primary N) is 1. The van der Waals surface area contributed by atoms with Crippen LogP contribution in [0.2, 0.25) is 0 Å². The lowest BCUT2D eigenvalue weighted by Crippen LogP contribution is -2.58. The molecule has 1 unspecified atom stereocenters. The van der Waals surface area contributed by atoms with Crippen molar-refractivity contribution in [3.8, 4) is 0 Å². The van der Waals surface area contributed by atoms with Crippen molar-refractivity contribution in [3.05, 3.63) is 0 Å². The molecule has 0 saturated heterocycles. The summed E-state index contributed by atoms with van der Waals surface area (Å²) in [4.78, 5) is 22.9. The van der Waals surface area contributed by atoms with Crippen LogP contribution < -0.4 is 11.1 Å². The SMILES string of the molecule is COC(=O)C(C)(CN)NC(=O)OC(C)(C)C. The smallest absolute Gasteiger partial charge is 0.408 e. The lowest BCUT2D eigenvalue weighted by Gasteiger charge is -2.28. The largest absolute Gasteiger partial charge is 0.467 e.